The largest absolute Gasteiger partial charge is 0.497 e. The highest BCUT2D eigenvalue weighted by Crippen LogP contribution is 2.20. The lowest BCUT2D eigenvalue weighted by Gasteiger charge is -2.20. The number of nitrogens with one attached hydrogen (secondary N) is 1. The lowest BCUT2D eigenvalue weighted by Crippen LogP contribution is -2.36. The van der Waals surface area contributed by atoms with Crippen LogP contribution in [-0.2, 0) is 20.1 Å². The van der Waals surface area contributed by atoms with Crippen molar-refractivity contribution in [2.45, 2.75) is 19.5 Å². The SMILES string of the molecule is COc1ccc(NC(=O)c2cnn3c2CN(C(=O)c2cccn(C)c2=O)CCC3)cc1. The molecule has 0 unspecified atom stereocenters. The summed E-state index contributed by atoms with van der Waals surface area (Å²) in [5.41, 5.74) is 1.44. The summed E-state index contributed by atoms with van der Waals surface area (Å²) in [6.45, 7) is 1.25. The van der Waals surface area contributed by atoms with E-state index in [0.717, 1.165) is 0 Å². The van der Waals surface area contributed by atoms with Gasteiger partial charge in [0.2, 0.25) is 0 Å². The van der Waals surface area contributed by atoms with E-state index in [0.29, 0.717) is 42.2 Å². The normalized spacial score (nSPS) is 13.3. The van der Waals surface area contributed by atoms with E-state index in [1.165, 1.54) is 16.8 Å². The van der Waals surface area contributed by atoms with Gasteiger partial charge in [0.15, 0.2) is 0 Å². The van der Waals surface area contributed by atoms with Crippen molar-refractivity contribution in [3.63, 3.8) is 0 Å². The molecule has 2 aromatic heterocycles. The van der Waals surface area contributed by atoms with Gasteiger partial charge in [0.1, 0.15) is 11.3 Å². The maximum absolute atomic E-state index is 13.1. The van der Waals surface area contributed by atoms with E-state index in [9.17, 15) is 14.4 Å². The third-order valence-corrected chi connectivity index (χ3v) is 5.32. The summed E-state index contributed by atoms with van der Waals surface area (Å²) in [7, 11) is 3.19. The number of pyridine rings is 1. The highest BCUT2D eigenvalue weighted by atomic mass is 16.5. The van der Waals surface area contributed by atoms with Crippen LogP contribution in [0.3, 0.4) is 0 Å². The summed E-state index contributed by atoms with van der Waals surface area (Å²) in [5, 5.41) is 7.19. The summed E-state index contributed by atoms with van der Waals surface area (Å²) in [5.74, 6) is 0.0345. The minimum absolute atomic E-state index is 0.113. The van der Waals surface area contributed by atoms with Gasteiger partial charge < -0.3 is 19.5 Å². The molecule has 3 heterocycles. The van der Waals surface area contributed by atoms with Crippen molar-refractivity contribution < 1.29 is 14.3 Å². The first-order valence-corrected chi connectivity index (χ1v) is 9.93. The quantitative estimate of drug-likeness (QED) is 0.694. The molecule has 0 spiro atoms. The number of nitrogens with zero attached hydrogens (tertiary/aromatic N) is 4. The summed E-state index contributed by atoms with van der Waals surface area (Å²) in [6, 6.07) is 10.2. The molecule has 1 aromatic carbocycles. The van der Waals surface area contributed by atoms with Crippen LogP contribution in [-0.4, -0.2) is 44.7 Å². The van der Waals surface area contributed by atoms with Crippen molar-refractivity contribution >= 4 is 17.5 Å². The standard InChI is InChI=1S/C22H23N5O4/c1-25-10-3-5-17(21(25)29)22(30)26-11-4-12-27-19(14-26)18(13-23-27)20(28)24-15-6-8-16(31-2)9-7-15/h3,5-10,13H,4,11-12,14H2,1-2H3,(H,24,28). The van der Waals surface area contributed by atoms with Gasteiger partial charge >= 0.3 is 0 Å². The van der Waals surface area contributed by atoms with Crippen LogP contribution >= 0.6 is 0 Å². The summed E-state index contributed by atoms with van der Waals surface area (Å²) < 4.78 is 8.26. The summed E-state index contributed by atoms with van der Waals surface area (Å²) in [4.78, 5) is 39.9. The van der Waals surface area contributed by atoms with Gasteiger partial charge in [-0.3, -0.25) is 19.1 Å². The highest BCUT2D eigenvalue weighted by Gasteiger charge is 2.27. The van der Waals surface area contributed by atoms with Crippen molar-refractivity contribution in [1.82, 2.24) is 19.2 Å². The zero-order valence-corrected chi connectivity index (χ0v) is 17.4. The van der Waals surface area contributed by atoms with Crippen molar-refractivity contribution in [3.8, 4) is 5.75 Å². The fraction of sp³-hybridized carbons (Fsp3) is 0.273. The van der Waals surface area contributed by atoms with Crippen LogP contribution < -0.4 is 15.6 Å². The topological polar surface area (TPSA) is 98.5 Å². The molecule has 0 aliphatic carbocycles. The first kappa shape index (κ1) is 20.4. The zero-order chi connectivity index (χ0) is 22.0. The Labute approximate surface area is 178 Å². The number of amides is 2. The molecule has 0 radical (unpaired) electrons. The number of fused-ring (bicyclic) bond motifs is 1. The molecule has 1 N–H and O–H groups in total. The molecule has 160 valence electrons. The Morgan fingerprint density at radius 3 is 2.61 bits per heavy atom. The maximum atomic E-state index is 13.1. The Balaban J connectivity index is 1.58. The zero-order valence-electron chi connectivity index (χ0n) is 17.4. The van der Waals surface area contributed by atoms with Gasteiger partial charge in [0.25, 0.3) is 17.4 Å². The Bertz CT molecular complexity index is 1180. The van der Waals surface area contributed by atoms with Gasteiger partial charge in [0, 0.05) is 32.0 Å². The first-order valence-electron chi connectivity index (χ1n) is 9.93. The molecule has 31 heavy (non-hydrogen) atoms. The van der Waals surface area contributed by atoms with E-state index < -0.39 is 0 Å². The Hall–Kier alpha value is -3.88. The van der Waals surface area contributed by atoms with Gasteiger partial charge in [-0.15, -0.1) is 0 Å². The third-order valence-electron chi connectivity index (χ3n) is 5.32. The third kappa shape index (κ3) is 4.07. The van der Waals surface area contributed by atoms with E-state index >= 15 is 0 Å². The van der Waals surface area contributed by atoms with Gasteiger partial charge in [0.05, 0.1) is 31.1 Å². The second-order valence-corrected chi connectivity index (χ2v) is 7.33. The van der Waals surface area contributed by atoms with Crippen LogP contribution in [0.25, 0.3) is 0 Å². The van der Waals surface area contributed by atoms with Crippen molar-refractivity contribution in [1.29, 1.82) is 0 Å². The molecular weight excluding hydrogens is 398 g/mol. The van der Waals surface area contributed by atoms with Crippen LogP contribution in [0.5, 0.6) is 5.75 Å². The summed E-state index contributed by atoms with van der Waals surface area (Å²) >= 11 is 0. The fourth-order valence-corrected chi connectivity index (χ4v) is 3.61. The minimum Gasteiger partial charge on any atom is -0.497 e. The average Bonchev–Trinajstić information content (AvgIpc) is 3.05. The number of rotatable bonds is 4. The fourth-order valence-electron chi connectivity index (χ4n) is 3.61. The lowest BCUT2D eigenvalue weighted by molar-refractivity contribution is 0.0741. The number of hydrogen-bond acceptors (Lipinski definition) is 5. The van der Waals surface area contributed by atoms with E-state index in [4.69, 9.17) is 4.74 Å². The molecular formula is C22H23N5O4. The molecule has 3 aromatic rings. The molecule has 9 heteroatoms. The molecule has 0 saturated carbocycles. The van der Waals surface area contributed by atoms with Crippen molar-refractivity contribution in [3.05, 3.63) is 76.0 Å². The number of hydrogen-bond donors (Lipinski definition) is 1. The van der Waals surface area contributed by atoms with Crippen molar-refractivity contribution in [2.75, 3.05) is 19.0 Å². The number of ether oxygens (including phenoxy) is 1. The molecule has 4 rings (SSSR count). The Morgan fingerprint density at radius 1 is 1.10 bits per heavy atom. The molecule has 0 saturated heterocycles. The van der Waals surface area contributed by atoms with Gasteiger partial charge in [-0.2, -0.15) is 5.10 Å². The molecule has 0 bridgehead atoms. The van der Waals surface area contributed by atoms with Gasteiger partial charge in [-0.1, -0.05) is 0 Å². The monoisotopic (exact) mass is 421 g/mol. The van der Waals surface area contributed by atoms with Gasteiger partial charge in [-0.25, -0.2) is 0 Å². The van der Waals surface area contributed by atoms with Crippen LogP contribution in [0.15, 0.2) is 53.6 Å². The molecule has 9 nitrogen and oxygen atoms in total. The van der Waals surface area contributed by atoms with E-state index in [1.54, 1.807) is 60.3 Å². The van der Waals surface area contributed by atoms with E-state index in [2.05, 4.69) is 10.4 Å². The second kappa shape index (κ2) is 8.47. The maximum Gasteiger partial charge on any atom is 0.263 e. The molecule has 2 amide bonds. The van der Waals surface area contributed by atoms with E-state index in [1.807, 2.05) is 0 Å². The predicted molar refractivity (Wildman–Crippen MR) is 114 cm³/mol. The Kier molecular flexibility index (Phi) is 5.57. The second-order valence-electron chi connectivity index (χ2n) is 7.33. The Morgan fingerprint density at radius 2 is 1.87 bits per heavy atom. The average molecular weight is 421 g/mol. The van der Waals surface area contributed by atoms with Crippen LogP contribution in [0.1, 0.15) is 32.8 Å². The number of benzene rings is 1. The van der Waals surface area contributed by atoms with Crippen LogP contribution in [0, 0.1) is 0 Å². The molecule has 0 atom stereocenters. The number of methoxy groups -OCH3 is 1. The highest BCUT2D eigenvalue weighted by molar-refractivity contribution is 6.05. The summed E-state index contributed by atoms with van der Waals surface area (Å²) in [6.07, 6.45) is 3.80. The van der Waals surface area contributed by atoms with Crippen LogP contribution in [0.4, 0.5) is 5.69 Å². The number of aryl methyl sites for hydroxylation is 2. The van der Waals surface area contributed by atoms with Crippen molar-refractivity contribution in [2.24, 2.45) is 7.05 Å². The predicted octanol–water partition coefficient (Wildman–Crippen LogP) is 1.89. The molecule has 1 aliphatic rings. The number of aromatic nitrogens is 3. The lowest BCUT2D eigenvalue weighted by atomic mass is 10.2. The number of carbonyl (C=O) groups excluding carboxylic acids is 2. The smallest absolute Gasteiger partial charge is 0.263 e. The van der Waals surface area contributed by atoms with Crippen LogP contribution in [0.2, 0.25) is 0 Å². The minimum atomic E-state index is -0.350. The molecule has 1 aliphatic heterocycles. The number of carbonyl (C=O) groups is 2. The molecule has 0 fully saturated rings. The first-order chi connectivity index (χ1) is 15.0. The number of anilines is 1. The van der Waals surface area contributed by atoms with E-state index in [-0.39, 0.29) is 29.5 Å². The van der Waals surface area contributed by atoms with Gasteiger partial charge in [-0.05, 0) is 42.8 Å².